The lowest BCUT2D eigenvalue weighted by Crippen LogP contribution is -2.13. The number of thioether (sulfide) groups is 1. The van der Waals surface area contributed by atoms with E-state index < -0.39 is 5.97 Å². The first-order valence-corrected chi connectivity index (χ1v) is 7.09. The van der Waals surface area contributed by atoms with E-state index in [9.17, 15) is 9.18 Å². The van der Waals surface area contributed by atoms with E-state index in [4.69, 9.17) is 5.73 Å². The van der Waals surface area contributed by atoms with Crippen LogP contribution in [0.3, 0.4) is 0 Å². The molecule has 2 N–H and O–H groups in total. The zero-order chi connectivity index (χ0) is 15.4. The summed E-state index contributed by atoms with van der Waals surface area (Å²) in [6, 6.07) is 6.25. The molecule has 1 aromatic carbocycles. The lowest BCUT2D eigenvalue weighted by Gasteiger charge is -2.08. The second-order valence-corrected chi connectivity index (χ2v) is 5.27. The Hall–Kier alpha value is -2.15. The van der Waals surface area contributed by atoms with Crippen LogP contribution in [-0.4, -0.2) is 23.0 Å². The van der Waals surface area contributed by atoms with Gasteiger partial charge in [-0.25, -0.2) is 19.2 Å². The van der Waals surface area contributed by atoms with Crippen LogP contribution in [0.4, 0.5) is 10.2 Å². The Balaban J connectivity index is 2.17. The van der Waals surface area contributed by atoms with E-state index >= 15 is 0 Å². The number of methoxy groups -OCH3 is 1. The van der Waals surface area contributed by atoms with Crippen molar-refractivity contribution < 1.29 is 13.9 Å². The number of nitrogen functional groups attached to an aromatic ring is 1. The summed E-state index contributed by atoms with van der Waals surface area (Å²) in [5.74, 6) is 0.138. The maximum absolute atomic E-state index is 13.1. The normalized spacial score (nSPS) is 10.4. The Morgan fingerprint density at radius 3 is 2.81 bits per heavy atom. The molecule has 0 spiro atoms. The van der Waals surface area contributed by atoms with Crippen LogP contribution in [0.25, 0.3) is 0 Å². The summed E-state index contributed by atoms with van der Waals surface area (Å²) in [6.45, 7) is 1.67. The van der Waals surface area contributed by atoms with Crippen LogP contribution in [0.5, 0.6) is 0 Å². The van der Waals surface area contributed by atoms with Gasteiger partial charge in [0.2, 0.25) is 0 Å². The summed E-state index contributed by atoms with van der Waals surface area (Å²) < 4.78 is 17.7. The summed E-state index contributed by atoms with van der Waals surface area (Å²) in [5, 5.41) is 0. The van der Waals surface area contributed by atoms with Crippen molar-refractivity contribution in [3.05, 3.63) is 47.2 Å². The predicted octanol–water partition coefficient (Wildman–Crippen LogP) is 2.59. The van der Waals surface area contributed by atoms with E-state index in [0.717, 1.165) is 4.90 Å². The number of aromatic nitrogens is 2. The molecule has 0 bridgehead atoms. The number of hydrogen-bond acceptors (Lipinski definition) is 6. The summed E-state index contributed by atoms with van der Waals surface area (Å²) >= 11 is 1.39. The first-order valence-electron chi connectivity index (χ1n) is 6.11. The number of carbonyl (C=O) groups is 1. The van der Waals surface area contributed by atoms with Crippen LogP contribution in [0.15, 0.2) is 29.2 Å². The Morgan fingerprint density at radius 2 is 2.19 bits per heavy atom. The third kappa shape index (κ3) is 3.69. The van der Waals surface area contributed by atoms with Gasteiger partial charge in [0, 0.05) is 4.90 Å². The number of halogens is 1. The fraction of sp³-hybridized carbons (Fsp3) is 0.214. The maximum Gasteiger partial charge on any atom is 0.343 e. The van der Waals surface area contributed by atoms with Crippen molar-refractivity contribution >= 4 is 23.5 Å². The molecule has 0 fully saturated rings. The number of ether oxygens (including phenoxy) is 1. The molecule has 2 aromatic rings. The molecule has 0 saturated heterocycles. The average Bonchev–Trinajstić information content (AvgIpc) is 2.44. The van der Waals surface area contributed by atoms with E-state index in [0.29, 0.717) is 17.3 Å². The third-order valence-corrected chi connectivity index (χ3v) is 3.71. The summed E-state index contributed by atoms with van der Waals surface area (Å²) in [5.41, 5.74) is 6.41. The summed E-state index contributed by atoms with van der Waals surface area (Å²) in [7, 11) is 1.27. The second kappa shape index (κ2) is 6.53. The standard InChI is InChI=1S/C14H14FN3O2S/c1-8-12(14(19)20-2)13(16)18-11(17-8)7-21-10-5-3-4-9(15)6-10/h3-6H,7H2,1-2H3,(H2,16,17,18). The van der Waals surface area contributed by atoms with Crippen LogP contribution in [-0.2, 0) is 10.5 Å². The van der Waals surface area contributed by atoms with E-state index in [1.54, 1.807) is 19.1 Å². The monoisotopic (exact) mass is 307 g/mol. The molecular weight excluding hydrogens is 293 g/mol. The molecule has 7 heteroatoms. The smallest absolute Gasteiger partial charge is 0.343 e. The molecule has 0 amide bonds. The van der Waals surface area contributed by atoms with Crippen LogP contribution in [0.2, 0.25) is 0 Å². The lowest BCUT2D eigenvalue weighted by atomic mass is 10.2. The zero-order valence-corrected chi connectivity index (χ0v) is 12.4. The highest BCUT2D eigenvalue weighted by molar-refractivity contribution is 7.98. The lowest BCUT2D eigenvalue weighted by molar-refractivity contribution is 0.0600. The number of aryl methyl sites for hydroxylation is 1. The Labute approximate surface area is 125 Å². The molecule has 5 nitrogen and oxygen atoms in total. The van der Waals surface area contributed by atoms with Crippen molar-refractivity contribution in [3.8, 4) is 0 Å². The molecule has 110 valence electrons. The molecule has 0 radical (unpaired) electrons. The molecule has 0 unspecified atom stereocenters. The van der Waals surface area contributed by atoms with Crippen molar-refractivity contribution in [2.45, 2.75) is 17.6 Å². The van der Waals surface area contributed by atoms with Crippen molar-refractivity contribution in [1.29, 1.82) is 0 Å². The number of carbonyl (C=O) groups excluding carboxylic acids is 1. The van der Waals surface area contributed by atoms with Crippen LogP contribution in [0, 0.1) is 12.7 Å². The van der Waals surface area contributed by atoms with E-state index in [1.807, 2.05) is 0 Å². The minimum atomic E-state index is -0.561. The van der Waals surface area contributed by atoms with Gasteiger partial charge in [0.1, 0.15) is 23.0 Å². The number of rotatable bonds is 4. The fourth-order valence-corrected chi connectivity index (χ4v) is 2.57. The first-order chi connectivity index (χ1) is 10.0. The molecule has 1 aromatic heterocycles. The second-order valence-electron chi connectivity index (χ2n) is 4.22. The van der Waals surface area contributed by atoms with Gasteiger partial charge >= 0.3 is 5.97 Å². The van der Waals surface area contributed by atoms with Crippen molar-refractivity contribution in [2.24, 2.45) is 0 Å². The molecule has 0 atom stereocenters. The van der Waals surface area contributed by atoms with Gasteiger partial charge in [-0.2, -0.15) is 0 Å². The number of nitrogens with two attached hydrogens (primary N) is 1. The molecule has 0 aliphatic heterocycles. The molecule has 0 aliphatic carbocycles. The van der Waals surface area contributed by atoms with E-state index in [2.05, 4.69) is 14.7 Å². The van der Waals surface area contributed by atoms with E-state index in [-0.39, 0.29) is 17.2 Å². The minimum absolute atomic E-state index is 0.0872. The van der Waals surface area contributed by atoms with Crippen molar-refractivity contribution in [3.63, 3.8) is 0 Å². The number of nitrogens with zero attached hydrogens (tertiary/aromatic N) is 2. The number of benzene rings is 1. The van der Waals surface area contributed by atoms with Crippen LogP contribution < -0.4 is 5.73 Å². The SMILES string of the molecule is COC(=O)c1c(C)nc(CSc2cccc(F)c2)nc1N. The minimum Gasteiger partial charge on any atom is -0.465 e. The predicted molar refractivity (Wildman–Crippen MR) is 78.5 cm³/mol. The zero-order valence-electron chi connectivity index (χ0n) is 11.6. The van der Waals surface area contributed by atoms with Gasteiger partial charge in [-0.1, -0.05) is 6.07 Å². The Morgan fingerprint density at radius 1 is 1.43 bits per heavy atom. The van der Waals surface area contributed by atoms with Crippen LogP contribution >= 0.6 is 11.8 Å². The largest absolute Gasteiger partial charge is 0.465 e. The van der Waals surface area contributed by atoms with Crippen LogP contribution in [0.1, 0.15) is 21.9 Å². The molecule has 2 rings (SSSR count). The highest BCUT2D eigenvalue weighted by Gasteiger charge is 2.17. The van der Waals surface area contributed by atoms with Crippen molar-refractivity contribution in [1.82, 2.24) is 9.97 Å². The molecule has 0 aliphatic rings. The van der Waals surface area contributed by atoms with Gasteiger partial charge in [-0.05, 0) is 25.1 Å². The summed E-state index contributed by atoms with van der Waals surface area (Å²) in [6.07, 6.45) is 0. The van der Waals surface area contributed by atoms with Gasteiger partial charge in [-0.3, -0.25) is 0 Å². The first kappa shape index (κ1) is 15.2. The molecular formula is C14H14FN3O2S. The molecule has 0 saturated carbocycles. The van der Waals surface area contributed by atoms with Crippen molar-refractivity contribution in [2.75, 3.05) is 12.8 Å². The topological polar surface area (TPSA) is 78.1 Å². The van der Waals surface area contributed by atoms with Gasteiger partial charge in [0.05, 0.1) is 18.6 Å². The van der Waals surface area contributed by atoms with E-state index in [1.165, 1.54) is 31.0 Å². The fourth-order valence-electron chi connectivity index (χ4n) is 1.78. The number of hydrogen-bond donors (Lipinski definition) is 1. The third-order valence-electron chi connectivity index (χ3n) is 2.72. The average molecular weight is 307 g/mol. The highest BCUT2D eigenvalue weighted by atomic mass is 32.2. The van der Waals surface area contributed by atoms with Gasteiger partial charge in [0.25, 0.3) is 0 Å². The van der Waals surface area contributed by atoms with Gasteiger partial charge in [0.15, 0.2) is 0 Å². The van der Waals surface area contributed by atoms with Gasteiger partial charge in [-0.15, -0.1) is 11.8 Å². The Kier molecular flexibility index (Phi) is 4.74. The number of esters is 1. The maximum atomic E-state index is 13.1. The Bertz CT molecular complexity index is 656. The molecule has 1 heterocycles. The highest BCUT2D eigenvalue weighted by Crippen LogP contribution is 2.23. The molecule has 21 heavy (non-hydrogen) atoms. The summed E-state index contributed by atoms with van der Waals surface area (Å²) in [4.78, 5) is 20.7. The quantitative estimate of drug-likeness (QED) is 0.691. The van der Waals surface area contributed by atoms with Gasteiger partial charge < -0.3 is 10.5 Å². The number of anilines is 1.